The molecule has 0 saturated carbocycles. The maximum absolute atomic E-state index is 9.92. The number of aromatic hydroxyl groups is 1. The molecule has 0 unspecified atom stereocenters. The zero-order chi connectivity index (χ0) is 10.1. The Labute approximate surface area is 92.5 Å². The number of phenols is 1. The second kappa shape index (κ2) is 3.91. The lowest BCUT2D eigenvalue weighted by molar-refractivity contribution is 0.453. The van der Waals surface area contributed by atoms with Crippen molar-refractivity contribution < 1.29 is 5.11 Å². The molecule has 2 nitrogen and oxygen atoms in total. The van der Waals surface area contributed by atoms with Crippen molar-refractivity contribution in [3.63, 3.8) is 0 Å². The van der Waals surface area contributed by atoms with Crippen LogP contribution >= 0.6 is 15.9 Å². The molecular formula is C11H14BrNO. The van der Waals surface area contributed by atoms with Crippen molar-refractivity contribution in [3.05, 3.63) is 27.7 Å². The molecule has 3 heteroatoms. The van der Waals surface area contributed by atoms with Crippen LogP contribution in [0.2, 0.25) is 0 Å². The van der Waals surface area contributed by atoms with Crippen LogP contribution in [0.3, 0.4) is 0 Å². The largest absolute Gasteiger partial charge is 0.507 e. The summed E-state index contributed by atoms with van der Waals surface area (Å²) < 4.78 is 1.04. The van der Waals surface area contributed by atoms with Crippen molar-refractivity contribution in [2.75, 3.05) is 6.54 Å². The zero-order valence-corrected chi connectivity index (χ0v) is 9.76. The van der Waals surface area contributed by atoms with Crippen molar-refractivity contribution >= 4 is 15.9 Å². The van der Waals surface area contributed by atoms with Crippen LogP contribution in [-0.4, -0.2) is 11.7 Å². The fraction of sp³-hybridized carbons (Fsp3) is 0.455. The summed E-state index contributed by atoms with van der Waals surface area (Å²) in [6.45, 7) is 2.98. The third-order valence-corrected chi connectivity index (χ3v) is 3.19. The van der Waals surface area contributed by atoms with Crippen LogP contribution < -0.4 is 5.32 Å². The van der Waals surface area contributed by atoms with Gasteiger partial charge in [-0.2, -0.15) is 0 Å². The number of nitrogens with one attached hydrogen (secondary N) is 1. The van der Waals surface area contributed by atoms with Gasteiger partial charge in [-0.15, -0.1) is 0 Å². The van der Waals surface area contributed by atoms with Gasteiger partial charge in [0.2, 0.25) is 0 Å². The molecule has 14 heavy (non-hydrogen) atoms. The van der Waals surface area contributed by atoms with E-state index in [-0.39, 0.29) is 0 Å². The fourth-order valence-electron chi connectivity index (χ4n) is 1.98. The molecule has 1 heterocycles. The van der Waals surface area contributed by atoms with Crippen molar-refractivity contribution in [1.82, 2.24) is 5.32 Å². The smallest absolute Gasteiger partial charge is 0.123 e. The molecular weight excluding hydrogens is 242 g/mol. The van der Waals surface area contributed by atoms with Crippen LogP contribution in [-0.2, 0) is 0 Å². The van der Waals surface area contributed by atoms with Crippen LogP contribution in [0.1, 0.15) is 30.0 Å². The molecule has 1 aliphatic heterocycles. The monoisotopic (exact) mass is 255 g/mol. The average Bonchev–Trinajstić information content (AvgIpc) is 2.63. The predicted octanol–water partition coefficient (Wildman–Crippen LogP) is 2.89. The molecule has 1 aromatic rings. The van der Waals surface area contributed by atoms with Gasteiger partial charge >= 0.3 is 0 Å². The minimum absolute atomic E-state index is 0.325. The molecule has 0 radical (unpaired) electrons. The molecule has 2 rings (SSSR count). The second-order valence-corrected chi connectivity index (χ2v) is 4.73. The summed E-state index contributed by atoms with van der Waals surface area (Å²) in [5.74, 6) is 0.438. The van der Waals surface area contributed by atoms with Crippen LogP contribution in [0.5, 0.6) is 5.75 Å². The first kappa shape index (κ1) is 9.99. The first-order chi connectivity index (χ1) is 6.68. The fourth-order valence-corrected chi connectivity index (χ4v) is 2.57. The average molecular weight is 256 g/mol. The Morgan fingerprint density at radius 1 is 1.50 bits per heavy atom. The molecule has 1 aromatic carbocycles. The first-order valence-electron chi connectivity index (χ1n) is 4.91. The van der Waals surface area contributed by atoms with Gasteiger partial charge in [0.25, 0.3) is 0 Å². The standard InChI is InChI=1S/C11H14BrNO/c1-7-5-8(12)6-9(11(7)14)10-3-2-4-13-10/h5-6,10,13-14H,2-4H2,1H3/t10-/m1/s1. The third-order valence-electron chi connectivity index (χ3n) is 2.73. The van der Waals surface area contributed by atoms with Crippen molar-refractivity contribution in [2.24, 2.45) is 0 Å². The summed E-state index contributed by atoms with van der Waals surface area (Å²) in [6, 6.07) is 4.27. The first-order valence-corrected chi connectivity index (χ1v) is 5.70. The van der Waals surface area contributed by atoms with E-state index in [2.05, 4.69) is 21.2 Å². The Morgan fingerprint density at radius 2 is 2.29 bits per heavy atom. The molecule has 1 saturated heterocycles. The van der Waals surface area contributed by atoms with Crippen molar-refractivity contribution in [3.8, 4) is 5.75 Å². The molecule has 0 bridgehead atoms. The van der Waals surface area contributed by atoms with E-state index >= 15 is 0 Å². The Kier molecular flexibility index (Phi) is 2.79. The van der Waals surface area contributed by atoms with Crippen LogP contribution in [0.4, 0.5) is 0 Å². The Hall–Kier alpha value is -0.540. The number of hydrogen-bond acceptors (Lipinski definition) is 2. The van der Waals surface area contributed by atoms with Gasteiger partial charge in [0, 0.05) is 16.1 Å². The lowest BCUT2D eigenvalue weighted by Crippen LogP contribution is -2.13. The van der Waals surface area contributed by atoms with Gasteiger partial charge in [-0.1, -0.05) is 15.9 Å². The summed E-state index contributed by atoms with van der Waals surface area (Å²) >= 11 is 3.46. The van der Waals surface area contributed by atoms with E-state index in [0.29, 0.717) is 11.8 Å². The Balaban J connectivity index is 2.40. The highest BCUT2D eigenvalue weighted by molar-refractivity contribution is 9.10. The van der Waals surface area contributed by atoms with Crippen LogP contribution in [0.15, 0.2) is 16.6 Å². The second-order valence-electron chi connectivity index (χ2n) is 3.81. The van der Waals surface area contributed by atoms with E-state index < -0.39 is 0 Å². The summed E-state index contributed by atoms with van der Waals surface area (Å²) in [4.78, 5) is 0. The maximum atomic E-state index is 9.92. The normalized spacial score (nSPS) is 21.4. The number of hydrogen-bond donors (Lipinski definition) is 2. The quantitative estimate of drug-likeness (QED) is 0.809. The number of rotatable bonds is 1. The number of phenolic OH excluding ortho intramolecular Hbond substituents is 1. The van der Waals surface area contributed by atoms with Crippen LogP contribution in [0, 0.1) is 6.92 Å². The summed E-state index contributed by atoms with van der Waals surface area (Å²) in [5, 5.41) is 13.3. The molecule has 2 N–H and O–H groups in total. The number of benzene rings is 1. The summed E-state index contributed by atoms with van der Waals surface area (Å²) in [5.41, 5.74) is 1.96. The molecule has 0 spiro atoms. The molecule has 76 valence electrons. The van der Waals surface area contributed by atoms with Gasteiger partial charge < -0.3 is 10.4 Å². The van der Waals surface area contributed by atoms with Gasteiger partial charge in [0.15, 0.2) is 0 Å². The summed E-state index contributed by atoms with van der Waals surface area (Å²) in [7, 11) is 0. The predicted molar refractivity (Wildman–Crippen MR) is 60.5 cm³/mol. The number of aryl methyl sites for hydroxylation is 1. The molecule has 0 aliphatic carbocycles. The highest BCUT2D eigenvalue weighted by Gasteiger charge is 2.20. The maximum Gasteiger partial charge on any atom is 0.123 e. The van der Waals surface area contributed by atoms with E-state index in [4.69, 9.17) is 0 Å². The minimum Gasteiger partial charge on any atom is -0.507 e. The Morgan fingerprint density at radius 3 is 2.93 bits per heavy atom. The van der Waals surface area contributed by atoms with E-state index in [0.717, 1.165) is 28.6 Å². The van der Waals surface area contributed by atoms with Crippen molar-refractivity contribution in [2.45, 2.75) is 25.8 Å². The van der Waals surface area contributed by atoms with Crippen molar-refractivity contribution in [1.29, 1.82) is 0 Å². The molecule has 1 aliphatic rings. The molecule has 1 atom stereocenters. The van der Waals surface area contributed by atoms with Gasteiger partial charge in [0.1, 0.15) is 5.75 Å². The highest BCUT2D eigenvalue weighted by atomic mass is 79.9. The Bertz CT molecular complexity index is 345. The number of halogens is 1. The van der Waals surface area contributed by atoms with E-state index in [1.165, 1.54) is 6.42 Å². The lowest BCUT2D eigenvalue weighted by Gasteiger charge is -2.14. The van der Waals surface area contributed by atoms with Crippen LogP contribution in [0.25, 0.3) is 0 Å². The molecule has 0 amide bonds. The van der Waals surface area contributed by atoms with Gasteiger partial charge in [-0.3, -0.25) is 0 Å². The van der Waals surface area contributed by atoms with E-state index in [1.807, 2.05) is 19.1 Å². The SMILES string of the molecule is Cc1cc(Br)cc([C@H]2CCCN2)c1O. The molecule has 1 fully saturated rings. The lowest BCUT2D eigenvalue weighted by atomic mass is 10.0. The zero-order valence-electron chi connectivity index (χ0n) is 8.18. The van der Waals surface area contributed by atoms with Gasteiger partial charge in [0.05, 0.1) is 0 Å². The van der Waals surface area contributed by atoms with Gasteiger partial charge in [-0.05, 0) is 44.0 Å². The highest BCUT2D eigenvalue weighted by Crippen LogP contribution is 2.34. The summed E-state index contributed by atoms with van der Waals surface area (Å²) in [6.07, 6.45) is 2.30. The minimum atomic E-state index is 0.325. The molecule has 0 aromatic heterocycles. The van der Waals surface area contributed by atoms with E-state index in [1.54, 1.807) is 0 Å². The third kappa shape index (κ3) is 1.79. The van der Waals surface area contributed by atoms with Gasteiger partial charge in [-0.25, -0.2) is 0 Å². The van der Waals surface area contributed by atoms with E-state index in [9.17, 15) is 5.11 Å². The topological polar surface area (TPSA) is 32.3 Å².